The molecule has 2 heterocycles. The Bertz CT molecular complexity index is 1070. The summed E-state index contributed by atoms with van der Waals surface area (Å²) in [6.45, 7) is 1.24. The standard InChI is InChI=1S/C17H16ClF3N4O3S/c1-3-10(17(19,20)21)9-29(27,28)13-8-25(2)15(14(13)18)16(26)24-11-4-5-23-12(6-11)7-22/h4-6,8,10H,3,9H2,1-2H3,(H,23,24,26)/t10-/m1/s1. The number of nitrogens with zero attached hydrogens (tertiary/aromatic N) is 3. The van der Waals surface area contributed by atoms with Gasteiger partial charge in [0.15, 0.2) is 9.84 Å². The molecule has 12 heteroatoms. The molecular formula is C17H16ClF3N4O3S. The van der Waals surface area contributed by atoms with Gasteiger partial charge in [-0.1, -0.05) is 18.5 Å². The van der Waals surface area contributed by atoms with Crippen molar-refractivity contribution in [3.05, 3.63) is 40.9 Å². The lowest BCUT2D eigenvalue weighted by atomic mass is 10.1. The molecule has 0 aromatic carbocycles. The lowest BCUT2D eigenvalue weighted by molar-refractivity contribution is -0.168. The van der Waals surface area contributed by atoms with E-state index in [1.165, 1.54) is 32.3 Å². The molecule has 1 amide bonds. The third kappa shape index (κ3) is 5.07. The molecule has 0 aliphatic heterocycles. The zero-order valence-corrected chi connectivity index (χ0v) is 16.9. The maximum absolute atomic E-state index is 13.0. The van der Waals surface area contributed by atoms with Crippen LogP contribution in [0.15, 0.2) is 29.4 Å². The first-order chi connectivity index (χ1) is 13.4. The average molecular weight is 449 g/mol. The third-order valence-corrected chi connectivity index (χ3v) is 6.46. The van der Waals surface area contributed by atoms with Gasteiger partial charge in [0.05, 0.1) is 16.7 Å². The molecule has 0 bridgehead atoms. The van der Waals surface area contributed by atoms with Crippen LogP contribution in [0.5, 0.6) is 0 Å². The number of aromatic nitrogens is 2. The monoisotopic (exact) mass is 448 g/mol. The Morgan fingerprint density at radius 2 is 2.10 bits per heavy atom. The highest BCUT2D eigenvalue weighted by Crippen LogP contribution is 2.34. The number of sulfone groups is 1. The Morgan fingerprint density at radius 3 is 2.66 bits per heavy atom. The Kier molecular flexibility index (Phi) is 6.60. The molecule has 0 unspecified atom stereocenters. The number of amides is 1. The highest BCUT2D eigenvalue weighted by Gasteiger charge is 2.42. The van der Waals surface area contributed by atoms with Gasteiger partial charge in [0, 0.05) is 25.1 Å². The van der Waals surface area contributed by atoms with Gasteiger partial charge in [0.2, 0.25) is 0 Å². The normalized spacial score (nSPS) is 13.0. The summed E-state index contributed by atoms with van der Waals surface area (Å²) in [6.07, 6.45) is -2.80. The van der Waals surface area contributed by atoms with E-state index in [1.807, 2.05) is 0 Å². The number of hydrogen-bond acceptors (Lipinski definition) is 5. The van der Waals surface area contributed by atoms with Gasteiger partial charge in [-0.05, 0) is 18.6 Å². The third-order valence-electron chi connectivity index (χ3n) is 4.15. The summed E-state index contributed by atoms with van der Waals surface area (Å²) in [6, 6.07) is 4.50. The number of hydrogen-bond donors (Lipinski definition) is 1. The molecule has 1 atom stereocenters. The second-order valence-electron chi connectivity index (χ2n) is 6.19. The topological polar surface area (TPSA) is 105 Å². The molecule has 0 fully saturated rings. The molecule has 0 spiro atoms. The molecule has 0 saturated carbocycles. The highest BCUT2D eigenvalue weighted by atomic mass is 35.5. The second kappa shape index (κ2) is 8.42. The van der Waals surface area contributed by atoms with Gasteiger partial charge in [-0.2, -0.15) is 18.4 Å². The molecule has 0 aliphatic rings. The fraction of sp³-hybridized carbons (Fsp3) is 0.353. The van der Waals surface area contributed by atoms with Gasteiger partial charge in [-0.25, -0.2) is 13.4 Å². The van der Waals surface area contributed by atoms with Crippen molar-refractivity contribution in [2.75, 3.05) is 11.1 Å². The van der Waals surface area contributed by atoms with Crippen LogP contribution in [-0.2, 0) is 16.9 Å². The molecular weight excluding hydrogens is 433 g/mol. The molecule has 7 nitrogen and oxygen atoms in total. The van der Waals surface area contributed by atoms with E-state index in [-0.39, 0.29) is 17.1 Å². The van der Waals surface area contributed by atoms with E-state index in [0.717, 1.165) is 10.8 Å². The molecule has 1 N–H and O–H groups in total. The van der Waals surface area contributed by atoms with Crippen molar-refractivity contribution >= 4 is 33.0 Å². The van der Waals surface area contributed by atoms with E-state index in [9.17, 15) is 26.4 Å². The van der Waals surface area contributed by atoms with Crippen molar-refractivity contribution in [1.82, 2.24) is 9.55 Å². The predicted octanol–water partition coefficient (Wildman–Crippen LogP) is 3.56. The van der Waals surface area contributed by atoms with Crippen LogP contribution in [0, 0.1) is 17.2 Å². The molecule has 0 saturated heterocycles. The van der Waals surface area contributed by atoms with E-state index < -0.39 is 49.9 Å². The van der Waals surface area contributed by atoms with Gasteiger partial charge in [-0.15, -0.1) is 0 Å². The minimum Gasteiger partial charge on any atom is -0.344 e. The lowest BCUT2D eigenvalue weighted by Gasteiger charge is -2.18. The van der Waals surface area contributed by atoms with Crippen LogP contribution in [0.25, 0.3) is 0 Å². The van der Waals surface area contributed by atoms with E-state index in [4.69, 9.17) is 16.9 Å². The van der Waals surface area contributed by atoms with Crippen LogP contribution in [0.3, 0.4) is 0 Å². The Morgan fingerprint density at radius 1 is 1.45 bits per heavy atom. The van der Waals surface area contributed by atoms with Crippen molar-refractivity contribution in [3.8, 4) is 6.07 Å². The van der Waals surface area contributed by atoms with Gasteiger partial charge >= 0.3 is 6.18 Å². The van der Waals surface area contributed by atoms with E-state index in [0.29, 0.717) is 0 Å². The minimum absolute atomic E-state index is 0.0433. The molecule has 29 heavy (non-hydrogen) atoms. The first-order valence-corrected chi connectivity index (χ1v) is 10.3. The zero-order chi connectivity index (χ0) is 22.0. The van der Waals surface area contributed by atoms with Gasteiger partial charge in [0.1, 0.15) is 22.4 Å². The molecule has 0 radical (unpaired) electrons. The average Bonchev–Trinajstić information content (AvgIpc) is 2.94. The summed E-state index contributed by atoms with van der Waals surface area (Å²) in [5.41, 5.74) is 0.00811. The number of rotatable bonds is 6. The Labute approximate surface area is 170 Å². The molecule has 156 valence electrons. The quantitative estimate of drug-likeness (QED) is 0.727. The fourth-order valence-electron chi connectivity index (χ4n) is 2.60. The summed E-state index contributed by atoms with van der Waals surface area (Å²) in [7, 11) is -3.07. The summed E-state index contributed by atoms with van der Waals surface area (Å²) in [5.74, 6) is -4.02. The molecule has 2 aromatic rings. The number of alkyl halides is 3. The van der Waals surface area contributed by atoms with Gasteiger partial charge in [0.25, 0.3) is 5.91 Å². The maximum Gasteiger partial charge on any atom is 0.392 e. The predicted molar refractivity (Wildman–Crippen MR) is 99.2 cm³/mol. The van der Waals surface area contributed by atoms with Crippen molar-refractivity contribution < 1.29 is 26.4 Å². The van der Waals surface area contributed by atoms with Crippen LogP contribution in [0.2, 0.25) is 5.02 Å². The number of pyridine rings is 1. The summed E-state index contributed by atoms with van der Waals surface area (Å²) in [4.78, 5) is 15.7. The highest BCUT2D eigenvalue weighted by molar-refractivity contribution is 7.91. The number of carbonyl (C=O) groups is 1. The first-order valence-electron chi connectivity index (χ1n) is 8.22. The van der Waals surface area contributed by atoms with Gasteiger partial charge < -0.3 is 9.88 Å². The van der Waals surface area contributed by atoms with Crippen LogP contribution in [-0.4, -0.2) is 35.8 Å². The smallest absolute Gasteiger partial charge is 0.344 e. The van der Waals surface area contributed by atoms with Crippen molar-refractivity contribution in [3.63, 3.8) is 0 Å². The van der Waals surface area contributed by atoms with Crippen molar-refractivity contribution in [1.29, 1.82) is 5.26 Å². The van der Waals surface area contributed by atoms with E-state index >= 15 is 0 Å². The number of halogens is 4. The summed E-state index contributed by atoms with van der Waals surface area (Å²) in [5, 5.41) is 10.8. The summed E-state index contributed by atoms with van der Waals surface area (Å²) >= 11 is 6.07. The maximum atomic E-state index is 13.0. The van der Waals surface area contributed by atoms with E-state index in [2.05, 4.69) is 10.3 Å². The Hall–Kier alpha value is -2.58. The van der Waals surface area contributed by atoms with Crippen molar-refractivity contribution in [2.45, 2.75) is 24.4 Å². The Balaban J connectivity index is 2.36. The largest absolute Gasteiger partial charge is 0.392 e. The van der Waals surface area contributed by atoms with Crippen LogP contribution in [0.4, 0.5) is 18.9 Å². The fourth-order valence-corrected chi connectivity index (χ4v) is 5.05. The molecule has 2 rings (SSSR count). The number of nitriles is 1. The number of carbonyl (C=O) groups excluding carboxylic acids is 1. The van der Waals surface area contributed by atoms with Gasteiger partial charge in [-0.3, -0.25) is 4.79 Å². The van der Waals surface area contributed by atoms with Crippen LogP contribution >= 0.6 is 11.6 Å². The lowest BCUT2D eigenvalue weighted by Crippen LogP contribution is -2.29. The zero-order valence-electron chi connectivity index (χ0n) is 15.3. The molecule has 0 aliphatic carbocycles. The minimum atomic E-state index is -4.68. The summed E-state index contributed by atoms with van der Waals surface area (Å²) < 4.78 is 65.1. The number of nitrogens with one attached hydrogen (secondary N) is 1. The van der Waals surface area contributed by atoms with Crippen LogP contribution < -0.4 is 5.32 Å². The van der Waals surface area contributed by atoms with Crippen molar-refractivity contribution in [2.24, 2.45) is 13.0 Å². The number of aryl methyl sites for hydroxylation is 1. The first kappa shape index (κ1) is 22.7. The number of anilines is 1. The second-order valence-corrected chi connectivity index (χ2v) is 8.57. The SMILES string of the molecule is CC[C@H](CS(=O)(=O)c1cn(C)c(C(=O)Nc2ccnc(C#N)c2)c1Cl)C(F)(F)F. The van der Waals surface area contributed by atoms with Crippen LogP contribution in [0.1, 0.15) is 29.5 Å². The van der Waals surface area contributed by atoms with E-state index in [1.54, 1.807) is 6.07 Å². The molecule has 2 aromatic heterocycles.